The molecule has 2 aromatic rings. The fourth-order valence-corrected chi connectivity index (χ4v) is 3.81. The van der Waals surface area contributed by atoms with E-state index in [2.05, 4.69) is 34.9 Å². The number of morpholine rings is 1. The van der Waals surface area contributed by atoms with Crippen LogP contribution in [0, 0.1) is 13.8 Å². The van der Waals surface area contributed by atoms with Gasteiger partial charge in [-0.05, 0) is 44.7 Å². The van der Waals surface area contributed by atoms with Gasteiger partial charge in [0.25, 0.3) is 0 Å². The van der Waals surface area contributed by atoms with Gasteiger partial charge in [0, 0.05) is 38.4 Å². The van der Waals surface area contributed by atoms with Gasteiger partial charge in [0.05, 0.1) is 32.6 Å². The maximum absolute atomic E-state index is 10.3. The van der Waals surface area contributed by atoms with Crippen LogP contribution in [0.1, 0.15) is 17.0 Å². The summed E-state index contributed by atoms with van der Waals surface area (Å²) >= 11 is 0. The molecule has 1 saturated heterocycles. The zero-order valence-electron chi connectivity index (χ0n) is 19.2. The van der Waals surface area contributed by atoms with Crippen molar-refractivity contribution in [2.45, 2.75) is 33.0 Å². The van der Waals surface area contributed by atoms with Gasteiger partial charge in [0.15, 0.2) is 11.5 Å². The van der Waals surface area contributed by atoms with Crippen molar-refractivity contribution in [1.82, 2.24) is 19.6 Å². The normalized spacial score (nSPS) is 15.9. The van der Waals surface area contributed by atoms with Crippen LogP contribution in [0.2, 0.25) is 0 Å². The SMILES string of the molecule is COc1cc(CN(C)CCn2nc(C)cc2C)ccc1OCC(O)CN1CCOCC1. The Kier molecular flexibility index (Phi) is 8.71. The highest BCUT2D eigenvalue weighted by Crippen LogP contribution is 2.28. The van der Waals surface area contributed by atoms with Crippen molar-refractivity contribution in [3.8, 4) is 11.5 Å². The molecule has 1 atom stereocenters. The Hall–Kier alpha value is -2.13. The minimum atomic E-state index is -0.553. The lowest BCUT2D eigenvalue weighted by atomic mass is 10.2. The predicted octanol–water partition coefficient (Wildman–Crippen LogP) is 1.71. The first-order valence-electron chi connectivity index (χ1n) is 10.9. The largest absolute Gasteiger partial charge is 0.493 e. The number of rotatable bonds is 11. The summed E-state index contributed by atoms with van der Waals surface area (Å²) < 4.78 is 18.8. The van der Waals surface area contributed by atoms with Crippen LogP contribution in [-0.2, 0) is 17.8 Å². The van der Waals surface area contributed by atoms with Crippen LogP contribution in [0.25, 0.3) is 0 Å². The van der Waals surface area contributed by atoms with E-state index in [1.807, 2.05) is 29.8 Å². The van der Waals surface area contributed by atoms with Gasteiger partial charge in [0.2, 0.25) is 0 Å². The number of benzene rings is 1. The summed E-state index contributed by atoms with van der Waals surface area (Å²) in [5, 5.41) is 14.8. The Bertz CT molecular complexity index is 820. The van der Waals surface area contributed by atoms with E-state index < -0.39 is 6.10 Å². The highest BCUT2D eigenvalue weighted by molar-refractivity contribution is 5.43. The molecule has 1 fully saturated rings. The number of methoxy groups -OCH3 is 1. The molecule has 1 aromatic heterocycles. The number of hydrogen-bond donors (Lipinski definition) is 1. The van der Waals surface area contributed by atoms with Gasteiger partial charge in [-0.25, -0.2) is 0 Å². The Morgan fingerprint density at radius 2 is 1.97 bits per heavy atom. The Balaban J connectivity index is 1.48. The molecule has 0 amide bonds. The molecule has 8 nitrogen and oxygen atoms in total. The fraction of sp³-hybridized carbons (Fsp3) is 0.609. The third-order valence-corrected chi connectivity index (χ3v) is 5.48. The van der Waals surface area contributed by atoms with E-state index in [9.17, 15) is 5.11 Å². The second kappa shape index (κ2) is 11.5. The minimum Gasteiger partial charge on any atom is -0.493 e. The summed E-state index contributed by atoms with van der Waals surface area (Å²) in [5.74, 6) is 1.33. The molecule has 0 radical (unpaired) electrons. The number of aromatic nitrogens is 2. The summed E-state index contributed by atoms with van der Waals surface area (Å²) in [6.45, 7) is 10.6. The van der Waals surface area contributed by atoms with Crippen LogP contribution < -0.4 is 9.47 Å². The monoisotopic (exact) mass is 432 g/mol. The van der Waals surface area contributed by atoms with E-state index in [4.69, 9.17) is 14.2 Å². The zero-order valence-corrected chi connectivity index (χ0v) is 19.2. The smallest absolute Gasteiger partial charge is 0.161 e. The first kappa shape index (κ1) is 23.5. The molecule has 31 heavy (non-hydrogen) atoms. The minimum absolute atomic E-state index is 0.232. The molecule has 3 rings (SSSR count). The lowest BCUT2D eigenvalue weighted by Crippen LogP contribution is -2.42. The fourth-order valence-electron chi connectivity index (χ4n) is 3.81. The topological polar surface area (TPSA) is 72.2 Å². The number of nitrogens with zero attached hydrogens (tertiary/aromatic N) is 4. The van der Waals surface area contributed by atoms with Crippen molar-refractivity contribution >= 4 is 0 Å². The second-order valence-corrected chi connectivity index (χ2v) is 8.25. The second-order valence-electron chi connectivity index (χ2n) is 8.25. The Morgan fingerprint density at radius 3 is 2.65 bits per heavy atom. The van der Waals surface area contributed by atoms with Gasteiger partial charge in [-0.3, -0.25) is 9.58 Å². The molecular weight excluding hydrogens is 396 g/mol. The maximum atomic E-state index is 10.3. The van der Waals surface area contributed by atoms with E-state index in [1.54, 1.807) is 7.11 Å². The van der Waals surface area contributed by atoms with Crippen molar-refractivity contribution in [2.24, 2.45) is 0 Å². The van der Waals surface area contributed by atoms with Gasteiger partial charge < -0.3 is 24.2 Å². The maximum Gasteiger partial charge on any atom is 0.161 e. The molecule has 1 aromatic carbocycles. The molecule has 2 heterocycles. The van der Waals surface area contributed by atoms with Crippen molar-refractivity contribution in [2.75, 3.05) is 60.2 Å². The van der Waals surface area contributed by atoms with Crippen molar-refractivity contribution in [3.05, 3.63) is 41.2 Å². The number of aliphatic hydroxyl groups is 1. The van der Waals surface area contributed by atoms with E-state index in [1.165, 1.54) is 5.69 Å². The summed E-state index contributed by atoms with van der Waals surface area (Å²) in [4.78, 5) is 4.46. The number of β-amino-alcohol motifs (C(OH)–C–C–N with tert-alkyl or cyclic N) is 1. The molecular formula is C23H36N4O4. The van der Waals surface area contributed by atoms with Crippen molar-refractivity contribution in [3.63, 3.8) is 0 Å². The van der Waals surface area contributed by atoms with Crippen LogP contribution >= 0.6 is 0 Å². The molecule has 0 bridgehead atoms. The van der Waals surface area contributed by atoms with Gasteiger partial charge in [0.1, 0.15) is 12.7 Å². The Morgan fingerprint density at radius 1 is 1.19 bits per heavy atom. The van der Waals surface area contributed by atoms with E-state index >= 15 is 0 Å². The van der Waals surface area contributed by atoms with E-state index in [-0.39, 0.29) is 6.61 Å². The summed E-state index contributed by atoms with van der Waals surface area (Å²) in [5.41, 5.74) is 3.38. The molecule has 0 aliphatic carbocycles. The lowest BCUT2D eigenvalue weighted by molar-refractivity contribution is 0.00445. The molecule has 1 unspecified atom stereocenters. The third kappa shape index (κ3) is 7.21. The molecule has 172 valence electrons. The van der Waals surface area contributed by atoms with Crippen molar-refractivity contribution < 1.29 is 19.3 Å². The van der Waals surface area contributed by atoms with Crippen molar-refractivity contribution in [1.29, 1.82) is 0 Å². The average molecular weight is 433 g/mol. The van der Waals surface area contributed by atoms with Gasteiger partial charge >= 0.3 is 0 Å². The summed E-state index contributed by atoms with van der Waals surface area (Å²) in [6, 6.07) is 8.07. The standard InChI is InChI=1S/C23H36N4O4/c1-18-13-19(2)27(24-18)8-7-25(3)15-20-5-6-22(23(14-20)29-4)31-17-21(28)16-26-9-11-30-12-10-26/h5-6,13-14,21,28H,7-12,15-17H2,1-4H3. The quantitative estimate of drug-likeness (QED) is 0.580. The third-order valence-electron chi connectivity index (χ3n) is 5.48. The van der Waals surface area contributed by atoms with Crippen LogP contribution in [0.15, 0.2) is 24.3 Å². The highest BCUT2D eigenvalue weighted by atomic mass is 16.5. The number of ether oxygens (including phenoxy) is 3. The van der Waals surface area contributed by atoms with Crippen LogP contribution in [0.4, 0.5) is 0 Å². The van der Waals surface area contributed by atoms with Gasteiger partial charge in [-0.15, -0.1) is 0 Å². The van der Waals surface area contributed by atoms with E-state index in [0.29, 0.717) is 18.0 Å². The first-order chi connectivity index (χ1) is 14.9. The average Bonchev–Trinajstić information content (AvgIpc) is 3.08. The first-order valence-corrected chi connectivity index (χ1v) is 10.9. The predicted molar refractivity (Wildman–Crippen MR) is 120 cm³/mol. The van der Waals surface area contributed by atoms with Crippen LogP contribution in [0.5, 0.6) is 11.5 Å². The number of likely N-dealkylation sites (N-methyl/N-ethyl adjacent to an activating group) is 1. The van der Waals surface area contributed by atoms with E-state index in [0.717, 1.165) is 57.2 Å². The van der Waals surface area contributed by atoms with Crippen LogP contribution in [-0.4, -0.2) is 90.9 Å². The number of aliphatic hydroxyl groups excluding tert-OH is 1. The number of hydrogen-bond acceptors (Lipinski definition) is 7. The van der Waals surface area contributed by atoms with Crippen LogP contribution in [0.3, 0.4) is 0 Å². The molecule has 8 heteroatoms. The Labute approximate surface area is 185 Å². The molecule has 1 N–H and O–H groups in total. The molecule has 0 spiro atoms. The van der Waals surface area contributed by atoms with Gasteiger partial charge in [-0.2, -0.15) is 5.10 Å². The lowest BCUT2D eigenvalue weighted by Gasteiger charge is -2.28. The summed E-state index contributed by atoms with van der Waals surface area (Å²) in [6.07, 6.45) is -0.553. The van der Waals surface area contributed by atoms with Gasteiger partial charge in [-0.1, -0.05) is 6.07 Å². The molecule has 0 saturated carbocycles. The molecule has 1 aliphatic heterocycles. The zero-order chi connectivity index (χ0) is 22.2. The highest BCUT2D eigenvalue weighted by Gasteiger charge is 2.16. The number of aryl methyl sites for hydroxylation is 2. The molecule has 1 aliphatic rings. The summed E-state index contributed by atoms with van der Waals surface area (Å²) in [7, 11) is 3.74.